The van der Waals surface area contributed by atoms with E-state index in [1.165, 1.54) is 17.2 Å². The van der Waals surface area contributed by atoms with Crippen LogP contribution >= 0.6 is 0 Å². The quantitative estimate of drug-likeness (QED) is 0.367. The van der Waals surface area contributed by atoms with Gasteiger partial charge < -0.3 is 9.51 Å². The Labute approximate surface area is 209 Å². The normalized spacial score (nSPS) is 16.8. The number of benzene rings is 2. The molecule has 1 saturated heterocycles. The first-order chi connectivity index (χ1) is 17.5. The maximum atomic E-state index is 15.1. The smallest absolute Gasteiger partial charge is 0.168 e. The molecular formula is C30H29F2N3O. The lowest BCUT2D eigenvalue weighted by molar-refractivity contribution is 0.0727. The lowest BCUT2D eigenvalue weighted by Gasteiger charge is -2.37. The summed E-state index contributed by atoms with van der Waals surface area (Å²) in [6.07, 6.45) is 6.21. The monoisotopic (exact) mass is 485 g/mol. The van der Waals surface area contributed by atoms with Gasteiger partial charge in [0.25, 0.3) is 0 Å². The molecule has 0 spiro atoms. The number of alkyl halides is 1. The Balaban J connectivity index is 1.48. The average Bonchev–Trinajstić information content (AvgIpc) is 3.15. The molecule has 1 aliphatic heterocycles. The predicted molar refractivity (Wildman–Crippen MR) is 138 cm³/mol. The van der Waals surface area contributed by atoms with E-state index < -0.39 is 5.82 Å². The van der Waals surface area contributed by atoms with Crippen molar-refractivity contribution in [2.45, 2.75) is 32.7 Å². The number of allylic oxidation sites excluding steroid dienone is 1. The van der Waals surface area contributed by atoms with Crippen LogP contribution in [0.1, 0.15) is 46.4 Å². The maximum absolute atomic E-state index is 15.1. The molecule has 2 aromatic carbocycles. The molecular weight excluding hydrogens is 456 g/mol. The van der Waals surface area contributed by atoms with Gasteiger partial charge in [-0.15, -0.1) is 0 Å². The van der Waals surface area contributed by atoms with E-state index in [0.29, 0.717) is 18.5 Å². The van der Waals surface area contributed by atoms with Gasteiger partial charge in [0.05, 0.1) is 12.4 Å². The third-order valence-corrected chi connectivity index (χ3v) is 7.55. The second-order valence-electron chi connectivity index (χ2n) is 10.1. The van der Waals surface area contributed by atoms with Crippen molar-refractivity contribution in [1.29, 1.82) is 0 Å². The van der Waals surface area contributed by atoms with E-state index in [4.69, 9.17) is 4.98 Å². The molecule has 6 heteroatoms. The van der Waals surface area contributed by atoms with Gasteiger partial charge in [0.1, 0.15) is 5.65 Å². The van der Waals surface area contributed by atoms with Gasteiger partial charge in [0, 0.05) is 37.9 Å². The lowest BCUT2D eigenvalue weighted by Crippen LogP contribution is -2.46. The first kappa shape index (κ1) is 22.9. The summed E-state index contributed by atoms with van der Waals surface area (Å²) >= 11 is 0. The molecule has 2 aliphatic rings. The largest absolute Gasteiger partial charge is 0.505 e. The van der Waals surface area contributed by atoms with Crippen LogP contribution in [0.25, 0.3) is 16.8 Å². The van der Waals surface area contributed by atoms with Crippen LogP contribution in [-0.4, -0.2) is 39.2 Å². The third kappa shape index (κ3) is 3.99. The van der Waals surface area contributed by atoms with E-state index >= 15 is 4.39 Å². The topological polar surface area (TPSA) is 40.8 Å². The Morgan fingerprint density at radius 1 is 1.06 bits per heavy atom. The van der Waals surface area contributed by atoms with Crippen LogP contribution in [0.4, 0.5) is 8.78 Å². The molecule has 4 nitrogen and oxygen atoms in total. The zero-order valence-electron chi connectivity index (χ0n) is 20.3. The van der Waals surface area contributed by atoms with Gasteiger partial charge in [0.15, 0.2) is 11.6 Å². The molecule has 1 N–H and O–H groups in total. The Bertz CT molecular complexity index is 1480. The van der Waals surface area contributed by atoms with Crippen molar-refractivity contribution >= 4 is 16.8 Å². The van der Waals surface area contributed by atoms with Crippen LogP contribution in [0, 0.1) is 18.7 Å². The molecule has 6 rings (SSSR count). The van der Waals surface area contributed by atoms with Crippen molar-refractivity contribution in [2.24, 2.45) is 5.92 Å². The highest BCUT2D eigenvalue weighted by Gasteiger charge is 2.27. The molecule has 4 aromatic rings. The number of aromatic nitrogens is 2. The van der Waals surface area contributed by atoms with Crippen LogP contribution < -0.4 is 0 Å². The minimum atomic E-state index is -0.527. The Kier molecular flexibility index (Phi) is 5.84. The highest BCUT2D eigenvalue weighted by molar-refractivity contribution is 6.00. The highest BCUT2D eigenvalue weighted by atomic mass is 19.1. The standard InChI is InChI=1S/C30H29F2N3O/c1-19-5-2-3-6-23(19)24-7-4-8-26-25(9-10-27(36)30(26)32)29(24)21-11-12-35-18-22(33-28(35)13-21)17-34-15-20(14-31)16-34/h2-3,5-6,9-13,18,20,36H,4,7-8,14-17H2,1H3. The highest BCUT2D eigenvalue weighted by Crippen LogP contribution is 2.42. The zero-order valence-corrected chi connectivity index (χ0v) is 20.3. The van der Waals surface area contributed by atoms with Crippen molar-refractivity contribution in [3.63, 3.8) is 0 Å². The second-order valence-corrected chi connectivity index (χ2v) is 10.1. The SMILES string of the molecule is Cc1ccccc1C1=C(c2ccn3cc(CN4CC(CF)C4)nc3c2)c2ccc(O)c(F)c2CCC1. The molecule has 1 fully saturated rings. The van der Waals surface area contributed by atoms with Crippen molar-refractivity contribution < 1.29 is 13.9 Å². The second kappa shape index (κ2) is 9.17. The summed E-state index contributed by atoms with van der Waals surface area (Å²) in [5, 5.41) is 10.1. The Hall–Kier alpha value is -3.51. The fourth-order valence-corrected chi connectivity index (χ4v) is 5.73. The first-order valence-corrected chi connectivity index (χ1v) is 12.6. The van der Waals surface area contributed by atoms with Gasteiger partial charge in [-0.3, -0.25) is 9.29 Å². The number of imidazole rings is 1. The summed E-state index contributed by atoms with van der Waals surface area (Å²) in [5.74, 6) is -0.682. The average molecular weight is 486 g/mol. The Morgan fingerprint density at radius 3 is 2.69 bits per heavy atom. The number of aryl methyl sites for hydroxylation is 1. The summed E-state index contributed by atoms with van der Waals surface area (Å²) in [6.45, 7) is 4.10. The van der Waals surface area contributed by atoms with Crippen LogP contribution in [0.3, 0.4) is 0 Å². The van der Waals surface area contributed by atoms with E-state index in [2.05, 4.69) is 36.1 Å². The maximum Gasteiger partial charge on any atom is 0.168 e. The molecule has 0 bridgehead atoms. The number of fused-ring (bicyclic) bond motifs is 2. The summed E-state index contributed by atoms with van der Waals surface area (Å²) < 4.78 is 29.9. The minimum Gasteiger partial charge on any atom is -0.505 e. The van der Waals surface area contributed by atoms with Gasteiger partial charge in [-0.05, 0) is 83.3 Å². The van der Waals surface area contributed by atoms with Gasteiger partial charge in [-0.2, -0.15) is 0 Å². The lowest BCUT2D eigenvalue weighted by atomic mass is 9.86. The van der Waals surface area contributed by atoms with Gasteiger partial charge in [0.2, 0.25) is 0 Å². The van der Waals surface area contributed by atoms with Gasteiger partial charge in [-0.1, -0.05) is 30.3 Å². The number of nitrogens with zero attached hydrogens (tertiary/aromatic N) is 3. The summed E-state index contributed by atoms with van der Waals surface area (Å²) in [5.41, 5.74) is 8.68. The van der Waals surface area contributed by atoms with Crippen molar-refractivity contribution in [3.8, 4) is 5.75 Å². The predicted octanol–water partition coefficient (Wildman–Crippen LogP) is 6.18. The fourth-order valence-electron chi connectivity index (χ4n) is 5.73. The number of phenols is 1. The molecule has 0 amide bonds. The minimum absolute atomic E-state index is 0.149. The number of likely N-dealkylation sites (tertiary alicyclic amines) is 1. The van der Waals surface area contributed by atoms with Gasteiger partial charge >= 0.3 is 0 Å². The van der Waals surface area contributed by atoms with Crippen molar-refractivity contribution in [3.05, 3.63) is 100 Å². The summed E-state index contributed by atoms with van der Waals surface area (Å²) in [7, 11) is 0. The zero-order chi connectivity index (χ0) is 24.8. The van der Waals surface area contributed by atoms with E-state index in [9.17, 15) is 9.50 Å². The van der Waals surface area contributed by atoms with E-state index in [0.717, 1.165) is 59.5 Å². The fraction of sp³-hybridized carbons (Fsp3) is 0.300. The van der Waals surface area contributed by atoms with Crippen LogP contribution in [-0.2, 0) is 13.0 Å². The molecule has 3 heterocycles. The molecule has 36 heavy (non-hydrogen) atoms. The summed E-state index contributed by atoms with van der Waals surface area (Å²) in [6, 6.07) is 15.8. The first-order valence-electron chi connectivity index (χ1n) is 12.6. The molecule has 0 unspecified atom stereocenters. The van der Waals surface area contributed by atoms with Gasteiger partial charge in [-0.25, -0.2) is 9.37 Å². The van der Waals surface area contributed by atoms with Crippen molar-refractivity contribution in [1.82, 2.24) is 14.3 Å². The van der Waals surface area contributed by atoms with Crippen LogP contribution in [0.5, 0.6) is 5.75 Å². The number of pyridine rings is 1. The van der Waals surface area contributed by atoms with E-state index in [-0.39, 0.29) is 18.3 Å². The van der Waals surface area contributed by atoms with E-state index in [1.807, 2.05) is 35.0 Å². The molecule has 2 aromatic heterocycles. The van der Waals surface area contributed by atoms with Crippen LogP contribution in [0.2, 0.25) is 0 Å². The Morgan fingerprint density at radius 2 is 1.89 bits per heavy atom. The third-order valence-electron chi connectivity index (χ3n) is 7.55. The number of aromatic hydroxyl groups is 1. The number of hydrogen-bond donors (Lipinski definition) is 1. The van der Waals surface area contributed by atoms with E-state index in [1.54, 1.807) is 0 Å². The number of rotatable bonds is 5. The van der Waals surface area contributed by atoms with Crippen molar-refractivity contribution in [2.75, 3.05) is 19.8 Å². The molecule has 0 radical (unpaired) electrons. The molecule has 0 saturated carbocycles. The number of hydrogen-bond acceptors (Lipinski definition) is 3. The molecule has 1 aliphatic carbocycles. The van der Waals surface area contributed by atoms with Crippen LogP contribution in [0.15, 0.2) is 60.9 Å². The number of phenolic OH excluding ortho intramolecular Hbond substituents is 1. The molecule has 184 valence electrons. The number of halogens is 2. The molecule has 0 atom stereocenters. The summed E-state index contributed by atoms with van der Waals surface area (Å²) in [4.78, 5) is 7.07.